The summed E-state index contributed by atoms with van der Waals surface area (Å²) in [5.74, 6) is 0.541. The van der Waals surface area contributed by atoms with Crippen LogP contribution in [0, 0.1) is 6.92 Å². The van der Waals surface area contributed by atoms with Gasteiger partial charge in [0, 0.05) is 44.5 Å². The van der Waals surface area contributed by atoms with Gasteiger partial charge in [0.05, 0.1) is 17.8 Å². The smallest absolute Gasteiger partial charge is 0.361 e. The van der Waals surface area contributed by atoms with Crippen LogP contribution < -0.4 is 5.32 Å². The molecule has 9 heteroatoms. The van der Waals surface area contributed by atoms with Gasteiger partial charge in [-0.1, -0.05) is 5.16 Å². The number of amides is 1. The summed E-state index contributed by atoms with van der Waals surface area (Å²) in [7, 11) is 0. The van der Waals surface area contributed by atoms with Gasteiger partial charge in [-0.25, -0.2) is 0 Å². The molecule has 1 aliphatic rings. The van der Waals surface area contributed by atoms with E-state index in [0.29, 0.717) is 12.2 Å². The zero-order chi connectivity index (χ0) is 19.4. The zero-order valence-corrected chi connectivity index (χ0v) is 14.9. The summed E-state index contributed by atoms with van der Waals surface area (Å²) in [5, 5.41) is 6.62. The van der Waals surface area contributed by atoms with Gasteiger partial charge in [-0.05, 0) is 31.2 Å². The number of hydrogen-bond acceptors (Lipinski definition) is 5. The summed E-state index contributed by atoms with van der Waals surface area (Å²) >= 11 is 0. The predicted molar refractivity (Wildman–Crippen MR) is 93.0 cm³/mol. The first-order valence-electron chi connectivity index (χ1n) is 8.63. The van der Waals surface area contributed by atoms with E-state index in [4.69, 9.17) is 4.52 Å². The topological polar surface area (TPSA) is 61.6 Å². The van der Waals surface area contributed by atoms with Crippen molar-refractivity contribution in [3.8, 4) is 0 Å². The Kier molecular flexibility index (Phi) is 5.81. The summed E-state index contributed by atoms with van der Waals surface area (Å²) in [6.45, 7) is 5.85. The van der Waals surface area contributed by atoms with E-state index >= 15 is 0 Å². The highest BCUT2D eigenvalue weighted by atomic mass is 19.4. The van der Waals surface area contributed by atoms with E-state index in [2.05, 4.69) is 15.4 Å². The standard InChI is InChI=1S/C18H21F3N4O2/c1-13-10-16(23-27-13)11-24-6-8-25(9-7-24)12-17(26)22-15-4-2-14(3-5-15)18(19,20)21/h2-5,10H,6-9,11-12H2,1H3,(H,22,26). The summed E-state index contributed by atoms with van der Waals surface area (Å²) in [6, 6.07) is 6.35. The highest BCUT2D eigenvalue weighted by Crippen LogP contribution is 2.29. The van der Waals surface area contributed by atoms with Crippen molar-refractivity contribution in [3.63, 3.8) is 0 Å². The van der Waals surface area contributed by atoms with Gasteiger partial charge < -0.3 is 9.84 Å². The molecule has 0 unspecified atom stereocenters. The number of nitrogens with zero attached hydrogens (tertiary/aromatic N) is 3. The Morgan fingerprint density at radius 2 is 1.78 bits per heavy atom. The Labute approximate surface area is 154 Å². The minimum Gasteiger partial charge on any atom is -0.361 e. The lowest BCUT2D eigenvalue weighted by atomic mass is 10.2. The van der Waals surface area contributed by atoms with Gasteiger partial charge in [-0.15, -0.1) is 0 Å². The number of aromatic nitrogens is 1. The lowest BCUT2D eigenvalue weighted by Gasteiger charge is -2.33. The highest BCUT2D eigenvalue weighted by Gasteiger charge is 2.30. The van der Waals surface area contributed by atoms with E-state index in [1.54, 1.807) is 0 Å². The Balaban J connectivity index is 1.42. The molecular weight excluding hydrogens is 361 g/mol. The van der Waals surface area contributed by atoms with Crippen molar-refractivity contribution in [1.29, 1.82) is 0 Å². The molecule has 27 heavy (non-hydrogen) atoms. The number of alkyl halides is 3. The largest absolute Gasteiger partial charge is 0.416 e. The molecule has 2 heterocycles. The molecule has 0 radical (unpaired) electrons. The third-order valence-corrected chi connectivity index (χ3v) is 4.39. The first-order chi connectivity index (χ1) is 12.8. The number of hydrogen-bond donors (Lipinski definition) is 1. The van der Waals surface area contributed by atoms with Crippen molar-refractivity contribution < 1.29 is 22.5 Å². The van der Waals surface area contributed by atoms with Gasteiger partial charge >= 0.3 is 6.18 Å². The Bertz CT molecular complexity index is 766. The SMILES string of the molecule is Cc1cc(CN2CCN(CC(=O)Nc3ccc(C(F)(F)F)cc3)CC2)no1. The second kappa shape index (κ2) is 8.10. The molecule has 146 valence electrons. The molecule has 1 aliphatic heterocycles. The molecule has 6 nitrogen and oxygen atoms in total. The molecule has 2 aromatic rings. The molecule has 1 N–H and O–H groups in total. The molecule has 3 rings (SSSR count). The fourth-order valence-corrected chi connectivity index (χ4v) is 2.97. The number of anilines is 1. The van der Waals surface area contributed by atoms with Crippen LogP contribution in [-0.2, 0) is 17.5 Å². The van der Waals surface area contributed by atoms with Crippen molar-refractivity contribution in [1.82, 2.24) is 15.0 Å². The lowest BCUT2D eigenvalue weighted by Crippen LogP contribution is -2.48. The quantitative estimate of drug-likeness (QED) is 0.862. The van der Waals surface area contributed by atoms with E-state index < -0.39 is 11.7 Å². The Morgan fingerprint density at radius 3 is 2.33 bits per heavy atom. The number of carbonyl (C=O) groups is 1. The minimum absolute atomic E-state index is 0.206. The second-order valence-corrected chi connectivity index (χ2v) is 6.60. The van der Waals surface area contributed by atoms with Gasteiger partial charge in [0.15, 0.2) is 0 Å². The average Bonchev–Trinajstić information content (AvgIpc) is 3.01. The molecule has 0 atom stereocenters. The monoisotopic (exact) mass is 382 g/mol. The number of carbonyl (C=O) groups excluding carboxylic acids is 1. The Hall–Kier alpha value is -2.39. The first kappa shape index (κ1) is 19.4. The number of nitrogens with one attached hydrogen (secondary N) is 1. The summed E-state index contributed by atoms with van der Waals surface area (Å²) < 4.78 is 42.7. The van der Waals surface area contributed by atoms with Crippen molar-refractivity contribution in [2.75, 3.05) is 38.0 Å². The summed E-state index contributed by atoms with van der Waals surface area (Å²) in [4.78, 5) is 16.4. The van der Waals surface area contributed by atoms with E-state index in [0.717, 1.165) is 49.8 Å². The molecule has 0 bridgehead atoms. The zero-order valence-electron chi connectivity index (χ0n) is 14.9. The third kappa shape index (κ3) is 5.54. The molecule has 0 aliphatic carbocycles. The van der Waals surface area contributed by atoms with Crippen LogP contribution in [0.15, 0.2) is 34.9 Å². The van der Waals surface area contributed by atoms with Crippen molar-refractivity contribution in [3.05, 3.63) is 47.3 Å². The van der Waals surface area contributed by atoms with E-state index in [9.17, 15) is 18.0 Å². The fraction of sp³-hybridized carbons (Fsp3) is 0.444. The molecule has 1 aromatic heterocycles. The maximum atomic E-state index is 12.6. The van der Waals surface area contributed by atoms with Crippen molar-refractivity contribution in [2.45, 2.75) is 19.6 Å². The number of benzene rings is 1. The van der Waals surface area contributed by atoms with Crippen LogP contribution in [0.25, 0.3) is 0 Å². The molecule has 1 aromatic carbocycles. The van der Waals surface area contributed by atoms with Crippen molar-refractivity contribution in [2.24, 2.45) is 0 Å². The fourth-order valence-electron chi connectivity index (χ4n) is 2.97. The van der Waals surface area contributed by atoms with Gasteiger partial charge in [-0.2, -0.15) is 13.2 Å². The van der Waals surface area contributed by atoms with Crippen LogP contribution in [0.4, 0.5) is 18.9 Å². The molecule has 1 amide bonds. The van der Waals surface area contributed by atoms with Crippen molar-refractivity contribution >= 4 is 11.6 Å². The third-order valence-electron chi connectivity index (χ3n) is 4.39. The predicted octanol–water partition coefficient (Wildman–Crippen LogP) is 2.76. The normalized spacial score (nSPS) is 16.4. The molecule has 0 spiro atoms. The van der Waals surface area contributed by atoms with Crippen LogP contribution >= 0.6 is 0 Å². The average molecular weight is 382 g/mol. The van der Waals surface area contributed by atoms with Crippen LogP contribution in [0.3, 0.4) is 0 Å². The van der Waals surface area contributed by atoms with Gasteiger partial charge in [-0.3, -0.25) is 14.6 Å². The summed E-state index contributed by atoms with van der Waals surface area (Å²) in [5.41, 5.74) is 0.507. The minimum atomic E-state index is -4.38. The van der Waals surface area contributed by atoms with Crippen LogP contribution in [0.2, 0.25) is 0 Å². The maximum Gasteiger partial charge on any atom is 0.416 e. The maximum absolute atomic E-state index is 12.6. The van der Waals surface area contributed by atoms with Crippen LogP contribution in [-0.4, -0.2) is 53.6 Å². The van der Waals surface area contributed by atoms with Gasteiger partial charge in [0.2, 0.25) is 5.91 Å². The van der Waals surface area contributed by atoms with Gasteiger partial charge in [0.1, 0.15) is 5.76 Å². The molecule has 1 fully saturated rings. The van der Waals surface area contributed by atoms with E-state index in [1.165, 1.54) is 12.1 Å². The first-order valence-corrected chi connectivity index (χ1v) is 8.63. The van der Waals surface area contributed by atoms with E-state index in [1.807, 2.05) is 17.9 Å². The number of halogens is 3. The van der Waals surface area contributed by atoms with Gasteiger partial charge in [0.25, 0.3) is 0 Å². The molecule has 0 saturated carbocycles. The highest BCUT2D eigenvalue weighted by molar-refractivity contribution is 5.92. The second-order valence-electron chi connectivity index (χ2n) is 6.60. The number of aryl methyl sites for hydroxylation is 1. The van der Waals surface area contributed by atoms with Crippen LogP contribution in [0.1, 0.15) is 17.0 Å². The van der Waals surface area contributed by atoms with E-state index in [-0.39, 0.29) is 12.5 Å². The molecule has 1 saturated heterocycles. The number of rotatable bonds is 5. The van der Waals surface area contributed by atoms with Crippen LogP contribution in [0.5, 0.6) is 0 Å². The summed E-state index contributed by atoms with van der Waals surface area (Å²) in [6.07, 6.45) is -4.38. The lowest BCUT2D eigenvalue weighted by molar-refractivity contribution is -0.137. The Morgan fingerprint density at radius 1 is 1.15 bits per heavy atom. The number of piperazine rings is 1. The molecular formula is C18H21F3N4O2.